The van der Waals surface area contributed by atoms with E-state index >= 15 is 0 Å². The van der Waals surface area contributed by atoms with Crippen molar-refractivity contribution >= 4 is 20.5 Å². The number of carbonyl (C=O) groups excluding carboxylic acids is 2. The zero-order chi connectivity index (χ0) is 18.5. The molecule has 1 fully saturated rings. The maximum Gasteiger partial charge on any atom is 0.471 e. The molecule has 0 amide bonds. The molecule has 24 heavy (non-hydrogen) atoms. The fourth-order valence-corrected chi connectivity index (χ4v) is 7.65. The van der Waals surface area contributed by atoms with Crippen molar-refractivity contribution in [1.82, 2.24) is 0 Å². The van der Waals surface area contributed by atoms with Crippen molar-refractivity contribution < 1.29 is 18.4 Å². The third kappa shape index (κ3) is 4.82. The SMILES string of the molecule is C=C(C)C(=O)O[Si](CC(C)C)(OC(=O)C(=C)C)C1(C)CCCCC1. The van der Waals surface area contributed by atoms with Crippen molar-refractivity contribution in [3.63, 3.8) is 0 Å². The van der Waals surface area contributed by atoms with Crippen molar-refractivity contribution in [3.8, 4) is 0 Å². The zero-order valence-electron chi connectivity index (χ0n) is 15.9. The highest BCUT2D eigenvalue weighted by Gasteiger charge is 2.60. The van der Waals surface area contributed by atoms with Gasteiger partial charge in [-0.25, -0.2) is 9.59 Å². The summed E-state index contributed by atoms with van der Waals surface area (Å²) < 4.78 is 12.0. The molecular weight excluding hydrogens is 320 g/mol. The molecule has 5 heteroatoms. The van der Waals surface area contributed by atoms with Crippen LogP contribution in [0.25, 0.3) is 0 Å². The Kier molecular flexibility index (Phi) is 7.02. The predicted octanol–water partition coefficient (Wildman–Crippen LogP) is 5.05. The first-order valence-electron chi connectivity index (χ1n) is 8.81. The zero-order valence-corrected chi connectivity index (χ0v) is 16.9. The maximum absolute atomic E-state index is 12.4. The van der Waals surface area contributed by atoms with Gasteiger partial charge in [-0.2, -0.15) is 0 Å². The van der Waals surface area contributed by atoms with Crippen LogP contribution in [0.3, 0.4) is 0 Å². The second-order valence-corrected chi connectivity index (χ2v) is 11.3. The normalized spacial score (nSPS) is 17.2. The molecule has 0 spiro atoms. The average Bonchev–Trinajstić information content (AvgIpc) is 2.46. The lowest BCUT2D eigenvalue weighted by molar-refractivity contribution is -0.138. The van der Waals surface area contributed by atoms with E-state index in [0.717, 1.165) is 25.7 Å². The van der Waals surface area contributed by atoms with Crippen LogP contribution in [0, 0.1) is 5.92 Å². The van der Waals surface area contributed by atoms with Crippen LogP contribution in [0.5, 0.6) is 0 Å². The van der Waals surface area contributed by atoms with Crippen molar-refractivity contribution in [3.05, 3.63) is 24.3 Å². The molecule has 1 rings (SSSR count). The van der Waals surface area contributed by atoms with E-state index in [1.54, 1.807) is 13.8 Å². The van der Waals surface area contributed by atoms with Crippen LogP contribution in [0.2, 0.25) is 11.1 Å². The van der Waals surface area contributed by atoms with Crippen LogP contribution < -0.4 is 0 Å². The van der Waals surface area contributed by atoms with Gasteiger partial charge in [-0.1, -0.05) is 53.2 Å². The Morgan fingerprint density at radius 2 is 1.42 bits per heavy atom. The third-order valence-corrected chi connectivity index (χ3v) is 9.49. The van der Waals surface area contributed by atoms with Crippen LogP contribution in [0.15, 0.2) is 24.3 Å². The lowest BCUT2D eigenvalue weighted by Crippen LogP contribution is -2.56. The standard InChI is InChI=1S/C19H32O4Si/c1-14(2)13-24(22-17(20)15(3)4,23-18(21)16(5)6)19(7)11-9-8-10-12-19/h14H,3,5,8-13H2,1-2,4,6-7H3. The number of rotatable bonds is 7. The summed E-state index contributed by atoms with van der Waals surface area (Å²) in [7, 11) is -3.15. The quantitative estimate of drug-likeness (QED) is 0.475. The van der Waals surface area contributed by atoms with Crippen molar-refractivity contribution in [2.75, 3.05) is 0 Å². The van der Waals surface area contributed by atoms with Gasteiger partial charge < -0.3 is 8.85 Å². The van der Waals surface area contributed by atoms with Crippen LogP contribution in [0.1, 0.15) is 66.7 Å². The summed E-state index contributed by atoms with van der Waals surface area (Å²) in [5.74, 6) is -0.654. The number of hydrogen-bond donors (Lipinski definition) is 0. The molecule has 0 saturated heterocycles. The Morgan fingerprint density at radius 1 is 1.00 bits per heavy atom. The summed E-state index contributed by atoms with van der Waals surface area (Å²) >= 11 is 0. The van der Waals surface area contributed by atoms with Crippen molar-refractivity contribution in [2.24, 2.45) is 5.92 Å². The van der Waals surface area contributed by atoms with Crippen LogP contribution in [0.4, 0.5) is 0 Å². The molecule has 0 atom stereocenters. The molecule has 0 aliphatic heterocycles. The molecule has 136 valence electrons. The molecule has 1 aliphatic carbocycles. The van der Waals surface area contributed by atoms with Gasteiger partial charge in [0.15, 0.2) is 0 Å². The van der Waals surface area contributed by atoms with Crippen molar-refractivity contribution in [1.29, 1.82) is 0 Å². The minimum Gasteiger partial charge on any atom is -0.481 e. The number of carbonyl (C=O) groups is 2. The lowest BCUT2D eigenvalue weighted by Gasteiger charge is -2.46. The molecule has 0 aromatic heterocycles. The second kappa shape index (κ2) is 8.14. The summed E-state index contributed by atoms with van der Waals surface area (Å²) in [6.45, 7) is 16.9. The maximum atomic E-state index is 12.4. The van der Waals surface area contributed by atoms with Gasteiger partial charge in [0.05, 0.1) is 0 Å². The Balaban J connectivity index is 3.34. The monoisotopic (exact) mass is 352 g/mol. The molecule has 0 radical (unpaired) electrons. The summed E-state index contributed by atoms with van der Waals surface area (Å²) in [6, 6.07) is 0.599. The van der Waals surface area contributed by atoms with Gasteiger partial charge in [-0.3, -0.25) is 0 Å². The molecule has 4 nitrogen and oxygen atoms in total. The van der Waals surface area contributed by atoms with Gasteiger partial charge in [0.2, 0.25) is 0 Å². The largest absolute Gasteiger partial charge is 0.481 e. The first-order valence-corrected chi connectivity index (χ1v) is 10.8. The third-order valence-electron chi connectivity index (χ3n) is 4.77. The molecule has 0 aromatic rings. The molecule has 0 bridgehead atoms. The van der Waals surface area contributed by atoms with Crippen LogP contribution in [-0.2, 0) is 18.4 Å². The van der Waals surface area contributed by atoms with Gasteiger partial charge in [-0.15, -0.1) is 0 Å². The highest BCUT2D eigenvalue weighted by atomic mass is 28.4. The predicted molar refractivity (Wildman–Crippen MR) is 98.7 cm³/mol. The van der Waals surface area contributed by atoms with E-state index in [9.17, 15) is 9.59 Å². The minimum absolute atomic E-state index is 0.256. The lowest BCUT2D eigenvalue weighted by atomic mass is 9.90. The molecule has 0 unspecified atom stereocenters. The Bertz CT molecular complexity index is 487. The molecule has 1 aliphatic rings. The molecular formula is C19H32O4Si. The summed E-state index contributed by atoms with van der Waals surface area (Å²) in [4.78, 5) is 24.8. The molecule has 0 aromatic carbocycles. The van der Waals surface area contributed by atoms with E-state index in [-0.39, 0.29) is 11.0 Å². The van der Waals surface area contributed by atoms with E-state index in [1.165, 1.54) is 6.42 Å². The average molecular weight is 353 g/mol. The van der Waals surface area contributed by atoms with Crippen LogP contribution in [-0.4, -0.2) is 20.5 Å². The summed E-state index contributed by atoms with van der Waals surface area (Å²) in [5.41, 5.74) is 0.669. The fraction of sp³-hybridized carbons (Fsp3) is 0.684. The van der Waals surface area contributed by atoms with Crippen LogP contribution >= 0.6 is 0 Å². The van der Waals surface area contributed by atoms with E-state index < -0.39 is 20.5 Å². The minimum atomic E-state index is -3.15. The van der Waals surface area contributed by atoms with Crippen molar-refractivity contribution in [2.45, 2.75) is 77.8 Å². The van der Waals surface area contributed by atoms with E-state index in [1.807, 2.05) is 0 Å². The smallest absolute Gasteiger partial charge is 0.471 e. The van der Waals surface area contributed by atoms with Gasteiger partial charge in [0.25, 0.3) is 0 Å². The van der Waals surface area contributed by atoms with Gasteiger partial charge >= 0.3 is 20.5 Å². The fourth-order valence-electron chi connectivity index (χ4n) is 3.32. The van der Waals surface area contributed by atoms with E-state index in [0.29, 0.717) is 17.2 Å². The molecule has 1 saturated carbocycles. The first kappa shape index (κ1) is 20.7. The first-order chi connectivity index (χ1) is 11.0. The Labute approximate surface area is 147 Å². The van der Waals surface area contributed by atoms with E-state index in [2.05, 4.69) is 33.9 Å². The number of hydrogen-bond acceptors (Lipinski definition) is 4. The van der Waals surface area contributed by atoms with Gasteiger partial charge in [0.1, 0.15) is 0 Å². The Morgan fingerprint density at radius 3 is 1.75 bits per heavy atom. The second-order valence-electron chi connectivity index (χ2n) is 7.81. The molecule has 0 N–H and O–H groups in total. The highest BCUT2D eigenvalue weighted by molar-refractivity contribution is 6.74. The topological polar surface area (TPSA) is 52.6 Å². The molecule has 0 heterocycles. The summed E-state index contributed by atoms with van der Waals surface area (Å²) in [5, 5.41) is -0.272. The van der Waals surface area contributed by atoms with Gasteiger partial charge in [0, 0.05) is 22.2 Å². The highest BCUT2D eigenvalue weighted by Crippen LogP contribution is 2.53. The Hall–Kier alpha value is -1.36. The van der Waals surface area contributed by atoms with Gasteiger partial charge in [-0.05, 0) is 32.6 Å². The van der Waals surface area contributed by atoms with E-state index in [4.69, 9.17) is 8.85 Å². The summed E-state index contributed by atoms with van der Waals surface area (Å²) in [6.07, 6.45) is 5.14.